The lowest BCUT2D eigenvalue weighted by Crippen LogP contribution is -2.25. The lowest BCUT2D eigenvalue weighted by molar-refractivity contribution is -0.137. The normalized spacial score (nSPS) is 12.1. The Morgan fingerprint density at radius 2 is 1.68 bits per heavy atom. The molecule has 0 saturated heterocycles. The Bertz CT molecular complexity index is 681. The molecule has 1 aromatic carbocycles. The van der Waals surface area contributed by atoms with Crippen LogP contribution in [0.1, 0.15) is 32.3 Å². The molecule has 1 heterocycles. The maximum atomic E-state index is 12.9. The van der Waals surface area contributed by atoms with Crippen LogP contribution in [0.25, 0.3) is 10.9 Å². The summed E-state index contributed by atoms with van der Waals surface area (Å²) in [4.78, 5) is 8.59. The van der Waals surface area contributed by atoms with E-state index < -0.39 is 11.7 Å². The molecule has 3 nitrogen and oxygen atoms in total. The fourth-order valence-corrected chi connectivity index (χ4v) is 2.99. The molecule has 0 N–H and O–H groups in total. The zero-order valence-corrected chi connectivity index (χ0v) is 15.1. The van der Waals surface area contributed by atoms with Crippen LogP contribution in [0.5, 0.6) is 0 Å². The smallest absolute Gasteiger partial charge is 0.374 e. The van der Waals surface area contributed by atoms with E-state index in [9.17, 15) is 13.2 Å². The van der Waals surface area contributed by atoms with Crippen LogP contribution in [0.4, 0.5) is 18.9 Å². The van der Waals surface area contributed by atoms with Gasteiger partial charge in [0.2, 0.25) is 0 Å². The van der Waals surface area contributed by atoms with Crippen LogP contribution >= 0.6 is 0 Å². The number of aromatic nitrogens is 1. The number of halogens is 3. The van der Waals surface area contributed by atoms with Gasteiger partial charge in [0.25, 0.3) is 0 Å². The highest BCUT2D eigenvalue weighted by Gasteiger charge is 2.30. The van der Waals surface area contributed by atoms with Gasteiger partial charge in [-0.25, -0.2) is 0 Å². The number of anilines is 1. The minimum Gasteiger partial charge on any atom is -0.374 e. The molecule has 2 aromatic rings. The van der Waals surface area contributed by atoms with Crippen LogP contribution in [0, 0.1) is 0 Å². The first-order valence-electron chi connectivity index (χ1n) is 8.76. The van der Waals surface area contributed by atoms with Gasteiger partial charge in [0, 0.05) is 30.9 Å². The molecule has 0 aliphatic carbocycles. The van der Waals surface area contributed by atoms with Crippen LogP contribution in [-0.4, -0.2) is 43.1 Å². The Morgan fingerprint density at radius 3 is 2.32 bits per heavy atom. The third-order valence-electron chi connectivity index (χ3n) is 4.57. The zero-order valence-electron chi connectivity index (χ0n) is 15.1. The van der Waals surface area contributed by atoms with Gasteiger partial charge in [0.05, 0.1) is 11.1 Å². The Morgan fingerprint density at radius 1 is 1.00 bits per heavy atom. The largest absolute Gasteiger partial charge is 0.416 e. The van der Waals surface area contributed by atoms with Crippen LogP contribution in [0.3, 0.4) is 0 Å². The summed E-state index contributed by atoms with van der Waals surface area (Å²) in [5, 5.41) is 0.752. The monoisotopic (exact) mass is 353 g/mol. The molecule has 0 radical (unpaired) electrons. The van der Waals surface area contributed by atoms with E-state index in [2.05, 4.69) is 28.6 Å². The molecule has 1 aromatic heterocycles. The van der Waals surface area contributed by atoms with Crippen molar-refractivity contribution in [3.8, 4) is 0 Å². The fourth-order valence-electron chi connectivity index (χ4n) is 2.99. The van der Waals surface area contributed by atoms with E-state index >= 15 is 0 Å². The predicted molar refractivity (Wildman–Crippen MR) is 97.0 cm³/mol. The summed E-state index contributed by atoms with van der Waals surface area (Å²) in [5.74, 6) is 0. The average molecular weight is 353 g/mol. The number of pyridine rings is 1. The second-order valence-electron chi connectivity index (χ2n) is 6.22. The van der Waals surface area contributed by atoms with Crippen molar-refractivity contribution in [3.63, 3.8) is 0 Å². The van der Waals surface area contributed by atoms with Crippen LogP contribution in [0.2, 0.25) is 0 Å². The van der Waals surface area contributed by atoms with E-state index in [-0.39, 0.29) is 0 Å². The van der Waals surface area contributed by atoms with Gasteiger partial charge >= 0.3 is 6.18 Å². The second kappa shape index (κ2) is 8.52. The molecule has 0 atom stereocenters. The molecular weight excluding hydrogens is 327 g/mol. The van der Waals surface area contributed by atoms with Crippen molar-refractivity contribution < 1.29 is 13.2 Å². The molecule has 0 saturated carbocycles. The van der Waals surface area contributed by atoms with Crippen LogP contribution < -0.4 is 4.90 Å². The van der Waals surface area contributed by atoms with Gasteiger partial charge in [0.1, 0.15) is 0 Å². The second-order valence-corrected chi connectivity index (χ2v) is 6.22. The van der Waals surface area contributed by atoms with Crippen molar-refractivity contribution in [2.24, 2.45) is 0 Å². The molecule has 25 heavy (non-hydrogen) atoms. The minimum atomic E-state index is -4.35. The average Bonchev–Trinajstić information content (AvgIpc) is 2.60. The summed E-state index contributed by atoms with van der Waals surface area (Å²) in [7, 11) is 1.98. The van der Waals surface area contributed by atoms with Crippen molar-refractivity contribution in [1.29, 1.82) is 0 Å². The maximum absolute atomic E-state index is 12.9. The summed E-state index contributed by atoms with van der Waals surface area (Å²) in [6, 6.07) is 5.63. The first-order valence-corrected chi connectivity index (χ1v) is 8.76. The number of alkyl halides is 3. The van der Waals surface area contributed by atoms with E-state index in [1.165, 1.54) is 6.07 Å². The highest BCUT2D eigenvalue weighted by Crippen LogP contribution is 2.33. The van der Waals surface area contributed by atoms with Gasteiger partial charge < -0.3 is 9.80 Å². The zero-order chi connectivity index (χ0) is 18.4. The SMILES string of the molecule is CCN(CC)CCCCN(C)c1ccnc2cc(C(F)(F)F)ccc12. The highest BCUT2D eigenvalue weighted by atomic mass is 19.4. The molecule has 0 spiro atoms. The quantitative estimate of drug-likeness (QED) is 0.635. The first kappa shape index (κ1) is 19.5. The third kappa shape index (κ3) is 5.08. The molecule has 0 aliphatic rings. The fraction of sp³-hybridized carbons (Fsp3) is 0.526. The molecule has 0 aliphatic heterocycles. The van der Waals surface area contributed by atoms with Gasteiger partial charge in [-0.2, -0.15) is 13.2 Å². The molecule has 0 unspecified atom stereocenters. The van der Waals surface area contributed by atoms with Gasteiger partial charge in [-0.05, 0) is 50.7 Å². The Hall–Kier alpha value is -1.82. The molecular formula is C19H26F3N3. The van der Waals surface area contributed by atoms with E-state index in [1.54, 1.807) is 6.20 Å². The van der Waals surface area contributed by atoms with E-state index in [4.69, 9.17) is 0 Å². The third-order valence-corrected chi connectivity index (χ3v) is 4.57. The van der Waals surface area contributed by atoms with Crippen LogP contribution in [-0.2, 0) is 6.18 Å². The van der Waals surface area contributed by atoms with Gasteiger partial charge in [-0.15, -0.1) is 0 Å². The molecule has 6 heteroatoms. The summed E-state index contributed by atoms with van der Waals surface area (Å²) in [5.41, 5.74) is 0.635. The van der Waals surface area contributed by atoms with Crippen molar-refractivity contribution >= 4 is 16.6 Å². The number of unbranched alkanes of at least 4 members (excludes halogenated alkanes) is 1. The molecule has 138 valence electrons. The lowest BCUT2D eigenvalue weighted by Gasteiger charge is -2.22. The van der Waals surface area contributed by atoms with E-state index in [0.717, 1.165) is 62.2 Å². The number of rotatable bonds is 8. The van der Waals surface area contributed by atoms with Crippen molar-refractivity contribution in [2.75, 3.05) is 38.1 Å². The van der Waals surface area contributed by atoms with Gasteiger partial charge in [0.15, 0.2) is 0 Å². The number of hydrogen-bond acceptors (Lipinski definition) is 3. The van der Waals surface area contributed by atoms with E-state index in [1.807, 2.05) is 13.1 Å². The van der Waals surface area contributed by atoms with Crippen molar-refractivity contribution in [3.05, 3.63) is 36.0 Å². The number of fused-ring (bicyclic) bond motifs is 1. The molecule has 0 amide bonds. The maximum Gasteiger partial charge on any atom is 0.416 e. The summed E-state index contributed by atoms with van der Waals surface area (Å²) < 4.78 is 38.6. The van der Waals surface area contributed by atoms with Gasteiger partial charge in [-0.3, -0.25) is 4.98 Å². The van der Waals surface area contributed by atoms with Crippen molar-refractivity contribution in [2.45, 2.75) is 32.9 Å². The molecule has 0 fully saturated rings. The molecule has 2 rings (SSSR count). The number of benzene rings is 1. The minimum absolute atomic E-state index is 0.377. The molecule has 0 bridgehead atoms. The predicted octanol–water partition coefficient (Wildman–Crippen LogP) is 4.81. The Balaban J connectivity index is 2.07. The topological polar surface area (TPSA) is 19.4 Å². The summed E-state index contributed by atoms with van der Waals surface area (Å²) in [6.07, 6.45) is -0.628. The Kier molecular flexibility index (Phi) is 6.64. The lowest BCUT2D eigenvalue weighted by atomic mass is 10.1. The first-order chi connectivity index (χ1) is 11.9. The highest BCUT2D eigenvalue weighted by molar-refractivity contribution is 5.91. The summed E-state index contributed by atoms with van der Waals surface area (Å²) in [6.45, 7) is 8.38. The van der Waals surface area contributed by atoms with Crippen LogP contribution in [0.15, 0.2) is 30.5 Å². The Labute approximate surface area is 147 Å². The van der Waals surface area contributed by atoms with Crippen molar-refractivity contribution in [1.82, 2.24) is 9.88 Å². The standard InChI is InChI=1S/C19H26F3N3/c1-4-25(5-2)13-7-6-12-24(3)18-10-11-23-17-14-15(19(20,21)22)8-9-16(17)18/h8-11,14H,4-7,12-13H2,1-3H3. The number of hydrogen-bond donors (Lipinski definition) is 0. The van der Waals surface area contributed by atoms with Gasteiger partial charge in [-0.1, -0.05) is 19.9 Å². The summed E-state index contributed by atoms with van der Waals surface area (Å²) >= 11 is 0. The van der Waals surface area contributed by atoms with E-state index in [0.29, 0.717) is 5.52 Å². The number of nitrogens with zero attached hydrogens (tertiary/aromatic N) is 3.